The molecule has 0 radical (unpaired) electrons. The Morgan fingerprint density at radius 1 is 1.04 bits per heavy atom. The highest BCUT2D eigenvalue weighted by atomic mass is 35.5. The molecule has 2 nitrogen and oxygen atoms in total. The van der Waals surface area contributed by atoms with Gasteiger partial charge in [0.1, 0.15) is 0 Å². The van der Waals surface area contributed by atoms with Gasteiger partial charge in [-0.2, -0.15) is 0 Å². The fourth-order valence-electron chi connectivity index (χ4n) is 3.56. The number of rotatable bonds is 6. The van der Waals surface area contributed by atoms with Crippen LogP contribution in [0.2, 0.25) is 0 Å². The lowest BCUT2D eigenvalue weighted by Gasteiger charge is -2.26. The van der Waals surface area contributed by atoms with E-state index in [-0.39, 0.29) is 18.2 Å². The Kier molecular flexibility index (Phi) is 6.84. The number of halogens is 1. The van der Waals surface area contributed by atoms with Crippen LogP contribution in [0.5, 0.6) is 0 Å². The maximum Gasteiger partial charge on any atom is 0.165 e. The molecule has 3 aromatic rings. The van der Waals surface area contributed by atoms with E-state index in [1.54, 1.807) is 11.3 Å². The molecule has 1 aliphatic rings. The number of carbonyl (C=O) groups excluding carboxylic acids is 1. The van der Waals surface area contributed by atoms with Crippen LogP contribution in [-0.4, -0.2) is 30.3 Å². The summed E-state index contributed by atoms with van der Waals surface area (Å²) in [6, 6.07) is 18.8. The summed E-state index contributed by atoms with van der Waals surface area (Å²) in [4.78, 5) is 15.0. The summed E-state index contributed by atoms with van der Waals surface area (Å²) in [5.74, 6) is 0.265. The zero-order valence-corrected chi connectivity index (χ0v) is 16.9. The van der Waals surface area contributed by atoms with E-state index in [0.29, 0.717) is 6.42 Å². The predicted octanol–water partition coefficient (Wildman–Crippen LogP) is 5.77. The third kappa shape index (κ3) is 4.86. The second-order valence-corrected chi connectivity index (χ2v) is 7.81. The Bertz CT molecular complexity index is 932. The molecule has 1 aromatic heterocycles. The normalized spacial score (nSPS) is 14.6. The van der Waals surface area contributed by atoms with Crippen molar-refractivity contribution in [2.45, 2.75) is 19.3 Å². The predicted molar refractivity (Wildman–Crippen MR) is 117 cm³/mol. The van der Waals surface area contributed by atoms with E-state index >= 15 is 0 Å². The Hall–Kier alpha value is -1.94. The smallest absolute Gasteiger partial charge is 0.165 e. The molecule has 0 spiro atoms. The average Bonchev–Trinajstić information content (AvgIpc) is 3.12. The molecule has 0 saturated heterocycles. The Morgan fingerprint density at radius 3 is 2.59 bits per heavy atom. The number of thiophene rings is 1. The molecule has 4 heteroatoms. The van der Waals surface area contributed by atoms with E-state index < -0.39 is 0 Å². The largest absolute Gasteiger partial charge is 0.299 e. The highest BCUT2D eigenvalue weighted by Crippen LogP contribution is 2.26. The number of nitrogens with zero attached hydrogens (tertiary/aromatic N) is 1. The first-order valence-corrected chi connectivity index (χ1v) is 10.1. The molecular weight excluding hydrogens is 374 g/mol. The lowest BCUT2D eigenvalue weighted by atomic mass is 9.99. The van der Waals surface area contributed by atoms with Crippen LogP contribution in [0.3, 0.4) is 0 Å². The lowest BCUT2D eigenvalue weighted by molar-refractivity contribution is 0.0968. The Labute approximate surface area is 170 Å². The van der Waals surface area contributed by atoms with E-state index in [1.807, 2.05) is 17.5 Å². The lowest BCUT2D eigenvalue weighted by Crippen LogP contribution is -2.31. The van der Waals surface area contributed by atoms with Crippen LogP contribution in [0.1, 0.15) is 28.8 Å². The van der Waals surface area contributed by atoms with Gasteiger partial charge >= 0.3 is 0 Å². The second kappa shape index (κ2) is 9.32. The summed E-state index contributed by atoms with van der Waals surface area (Å²) < 4.78 is 1.20. The van der Waals surface area contributed by atoms with Crippen molar-refractivity contribution in [2.75, 3.05) is 19.6 Å². The number of carbonyl (C=O) groups is 1. The van der Waals surface area contributed by atoms with Crippen LogP contribution in [0.25, 0.3) is 10.1 Å². The van der Waals surface area contributed by atoms with Gasteiger partial charge in [0.25, 0.3) is 0 Å². The number of fused-ring (bicyclic) bond motifs is 1. The van der Waals surface area contributed by atoms with Gasteiger partial charge in [0.05, 0.1) is 0 Å². The van der Waals surface area contributed by atoms with Gasteiger partial charge in [-0.3, -0.25) is 9.69 Å². The number of benzene rings is 2. The first-order chi connectivity index (χ1) is 12.8. The maximum atomic E-state index is 12.6. The van der Waals surface area contributed by atoms with Crippen LogP contribution in [0, 0.1) is 0 Å². The van der Waals surface area contributed by atoms with E-state index in [0.717, 1.165) is 43.4 Å². The standard InChI is InChI=1S/C23H23NOS.ClH/c25-22(21-17-26-23-9-5-4-8-20(21)23)12-15-24-13-10-19(11-14-24)16-18-6-2-1-3-7-18;/h1-10,17H,11-16H2;1H. The number of Topliss-reactive ketones (excluding diaryl/α,β-unsaturated/α-hetero) is 1. The van der Waals surface area contributed by atoms with Gasteiger partial charge in [-0.25, -0.2) is 0 Å². The maximum absolute atomic E-state index is 12.6. The van der Waals surface area contributed by atoms with Gasteiger partial charge in [0, 0.05) is 47.1 Å². The van der Waals surface area contributed by atoms with Crippen molar-refractivity contribution in [3.8, 4) is 0 Å². The molecule has 0 atom stereocenters. The minimum absolute atomic E-state index is 0. The summed E-state index contributed by atoms with van der Waals surface area (Å²) in [7, 11) is 0. The quantitative estimate of drug-likeness (QED) is 0.388. The zero-order chi connectivity index (χ0) is 17.8. The number of hydrogen-bond donors (Lipinski definition) is 0. The van der Waals surface area contributed by atoms with Crippen LogP contribution in [0.4, 0.5) is 0 Å². The third-order valence-corrected chi connectivity index (χ3v) is 6.06. The molecule has 0 N–H and O–H groups in total. The fourth-order valence-corrected chi connectivity index (χ4v) is 4.53. The molecule has 2 aromatic carbocycles. The molecule has 140 valence electrons. The van der Waals surface area contributed by atoms with Crippen molar-refractivity contribution in [1.29, 1.82) is 0 Å². The van der Waals surface area contributed by atoms with Crippen LogP contribution in [-0.2, 0) is 6.42 Å². The van der Waals surface area contributed by atoms with Gasteiger partial charge in [-0.05, 0) is 24.5 Å². The molecular formula is C23H24ClNOS. The van der Waals surface area contributed by atoms with Gasteiger partial charge in [0.2, 0.25) is 0 Å². The van der Waals surface area contributed by atoms with Crippen LogP contribution < -0.4 is 0 Å². The highest BCUT2D eigenvalue weighted by molar-refractivity contribution is 7.17. The van der Waals surface area contributed by atoms with Gasteiger partial charge < -0.3 is 0 Å². The van der Waals surface area contributed by atoms with Crippen molar-refractivity contribution in [2.24, 2.45) is 0 Å². The van der Waals surface area contributed by atoms with E-state index in [4.69, 9.17) is 0 Å². The summed E-state index contributed by atoms with van der Waals surface area (Å²) in [5, 5.41) is 3.12. The topological polar surface area (TPSA) is 20.3 Å². The molecule has 0 bridgehead atoms. The molecule has 0 fully saturated rings. The van der Waals surface area contributed by atoms with Gasteiger partial charge in [-0.15, -0.1) is 23.7 Å². The monoisotopic (exact) mass is 397 g/mol. The SMILES string of the molecule is Cl.O=C(CCN1CC=C(Cc2ccccc2)CC1)c1csc2ccccc12. The molecule has 1 aliphatic heterocycles. The highest BCUT2D eigenvalue weighted by Gasteiger charge is 2.16. The first kappa shape index (κ1) is 19.8. The molecule has 0 amide bonds. The Balaban J connectivity index is 0.00000210. The Morgan fingerprint density at radius 2 is 1.81 bits per heavy atom. The zero-order valence-electron chi connectivity index (χ0n) is 15.3. The van der Waals surface area contributed by atoms with Gasteiger partial charge in [0.15, 0.2) is 5.78 Å². The molecule has 4 rings (SSSR count). The van der Waals surface area contributed by atoms with Gasteiger partial charge in [-0.1, -0.05) is 60.2 Å². The average molecular weight is 398 g/mol. The van der Waals surface area contributed by atoms with E-state index in [9.17, 15) is 4.79 Å². The first-order valence-electron chi connectivity index (χ1n) is 9.23. The van der Waals surface area contributed by atoms with E-state index in [1.165, 1.54) is 15.8 Å². The number of hydrogen-bond acceptors (Lipinski definition) is 3. The summed E-state index contributed by atoms with van der Waals surface area (Å²) in [6.07, 6.45) is 5.10. The molecule has 0 unspecified atom stereocenters. The minimum Gasteiger partial charge on any atom is -0.299 e. The van der Waals surface area contributed by atoms with Crippen molar-refractivity contribution in [3.05, 3.63) is 82.8 Å². The number of ketones is 1. The van der Waals surface area contributed by atoms with Crippen molar-refractivity contribution >= 4 is 39.6 Å². The third-order valence-electron chi connectivity index (χ3n) is 5.10. The van der Waals surface area contributed by atoms with Crippen molar-refractivity contribution in [1.82, 2.24) is 4.90 Å². The van der Waals surface area contributed by atoms with Crippen LogP contribution in [0.15, 0.2) is 71.6 Å². The van der Waals surface area contributed by atoms with Crippen molar-refractivity contribution < 1.29 is 4.79 Å². The fraction of sp³-hybridized carbons (Fsp3) is 0.261. The molecule has 2 heterocycles. The summed E-state index contributed by atoms with van der Waals surface area (Å²) in [5.41, 5.74) is 3.79. The van der Waals surface area contributed by atoms with Crippen molar-refractivity contribution in [3.63, 3.8) is 0 Å². The molecule has 0 saturated carbocycles. The summed E-state index contributed by atoms with van der Waals surface area (Å²) in [6.45, 7) is 2.86. The van der Waals surface area contributed by atoms with E-state index in [2.05, 4.69) is 53.4 Å². The molecule has 27 heavy (non-hydrogen) atoms. The summed E-state index contributed by atoms with van der Waals surface area (Å²) >= 11 is 1.66. The molecule has 0 aliphatic carbocycles. The van der Waals surface area contributed by atoms with Crippen LogP contribution >= 0.6 is 23.7 Å². The second-order valence-electron chi connectivity index (χ2n) is 6.89. The minimum atomic E-state index is 0.